The lowest BCUT2D eigenvalue weighted by Gasteiger charge is -2.28. The van der Waals surface area contributed by atoms with Crippen molar-refractivity contribution in [3.8, 4) is 0 Å². The number of esters is 1. The summed E-state index contributed by atoms with van der Waals surface area (Å²) in [7, 11) is 1.33. The summed E-state index contributed by atoms with van der Waals surface area (Å²) in [5.74, 6) is -0.470. The molecule has 1 N–H and O–H groups in total. The van der Waals surface area contributed by atoms with Crippen molar-refractivity contribution in [1.82, 2.24) is 5.32 Å². The lowest BCUT2D eigenvalue weighted by molar-refractivity contribution is -0.146. The van der Waals surface area contributed by atoms with E-state index >= 15 is 0 Å². The Kier molecular flexibility index (Phi) is 4.25. The third-order valence-corrected chi connectivity index (χ3v) is 4.24. The molecule has 0 bridgehead atoms. The summed E-state index contributed by atoms with van der Waals surface area (Å²) in [6, 6.07) is 0. The number of methoxy groups -OCH3 is 1. The average Bonchev–Trinajstić information content (AvgIpc) is 2.95. The quantitative estimate of drug-likeness (QED) is 0.800. The number of hydrogen-bond acceptors (Lipinski definition) is 5. The Balaban J connectivity index is 2.02. The molecule has 0 saturated heterocycles. The van der Waals surface area contributed by atoms with Gasteiger partial charge in [-0.3, -0.25) is 9.59 Å². The van der Waals surface area contributed by atoms with Crippen LogP contribution in [-0.2, 0) is 19.2 Å². The molecule has 2 rings (SSSR count). The van der Waals surface area contributed by atoms with E-state index in [1.54, 1.807) is 0 Å². The number of carbonyl (C=O) groups is 2. The first-order valence-electron chi connectivity index (χ1n) is 7.43. The molecule has 2 atom stereocenters. The van der Waals surface area contributed by atoms with E-state index in [1.807, 2.05) is 0 Å². The van der Waals surface area contributed by atoms with Gasteiger partial charge >= 0.3 is 5.97 Å². The van der Waals surface area contributed by atoms with Gasteiger partial charge in [-0.15, -0.1) is 0 Å². The van der Waals surface area contributed by atoms with Crippen molar-refractivity contribution in [2.45, 2.75) is 52.1 Å². The lowest BCUT2D eigenvalue weighted by atomic mass is 9.76. The number of carbonyl (C=O) groups excluding carboxylic acids is 2. The summed E-state index contributed by atoms with van der Waals surface area (Å²) in [6.45, 7) is 6.50. The molecule has 6 heteroatoms. The Morgan fingerprint density at radius 2 is 2.19 bits per heavy atom. The summed E-state index contributed by atoms with van der Waals surface area (Å²) < 4.78 is 4.56. The monoisotopic (exact) mass is 296 g/mol. The molecular formula is C15H24N2O4. The molecule has 0 aromatic rings. The zero-order valence-electron chi connectivity index (χ0n) is 13.2. The summed E-state index contributed by atoms with van der Waals surface area (Å²) in [4.78, 5) is 29.2. The normalized spacial score (nSPS) is 27.6. The molecule has 2 aliphatic rings. The first-order chi connectivity index (χ1) is 9.81. The van der Waals surface area contributed by atoms with Gasteiger partial charge in [-0.25, -0.2) is 0 Å². The molecule has 1 fully saturated rings. The van der Waals surface area contributed by atoms with Gasteiger partial charge in [0.05, 0.1) is 25.2 Å². The summed E-state index contributed by atoms with van der Waals surface area (Å²) in [5.41, 5.74) is -0.0231. The highest BCUT2D eigenvalue weighted by Gasteiger charge is 2.59. The van der Waals surface area contributed by atoms with E-state index in [9.17, 15) is 9.59 Å². The number of nitrogens with one attached hydrogen (secondary N) is 1. The third kappa shape index (κ3) is 2.89. The van der Waals surface area contributed by atoms with Crippen LogP contribution in [-0.4, -0.2) is 36.8 Å². The maximum atomic E-state index is 12.5. The van der Waals surface area contributed by atoms with Crippen molar-refractivity contribution in [3.05, 3.63) is 0 Å². The van der Waals surface area contributed by atoms with Crippen LogP contribution in [0.15, 0.2) is 5.16 Å². The maximum absolute atomic E-state index is 12.5. The van der Waals surface area contributed by atoms with E-state index in [2.05, 4.69) is 36.0 Å². The molecule has 1 aliphatic carbocycles. The van der Waals surface area contributed by atoms with Gasteiger partial charge in [-0.05, 0) is 19.3 Å². The van der Waals surface area contributed by atoms with Crippen LogP contribution in [0.4, 0.5) is 0 Å². The van der Waals surface area contributed by atoms with Crippen molar-refractivity contribution >= 4 is 17.6 Å². The predicted octanol–water partition coefficient (Wildman–Crippen LogP) is 1.64. The number of fused-ring (bicyclic) bond motifs is 1. The Morgan fingerprint density at radius 1 is 1.48 bits per heavy atom. The van der Waals surface area contributed by atoms with Crippen LogP contribution >= 0.6 is 0 Å². The van der Waals surface area contributed by atoms with E-state index in [4.69, 9.17) is 4.84 Å². The highest BCUT2D eigenvalue weighted by molar-refractivity contribution is 6.00. The largest absolute Gasteiger partial charge is 0.469 e. The second-order valence-electron chi connectivity index (χ2n) is 6.73. The van der Waals surface area contributed by atoms with E-state index in [-0.39, 0.29) is 36.2 Å². The number of ether oxygens (including phenoxy) is 1. The molecule has 0 spiro atoms. The smallest absolute Gasteiger partial charge is 0.307 e. The molecule has 118 valence electrons. The molecule has 6 nitrogen and oxygen atoms in total. The van der Waals surface area contributed by atoms with Crippen LogP contribution in [0, 0.1) is 11.3 Å². The SMILES string of the molecule is COC(=O)CCNC(=O)C12CCCC1C(C(C)(C)C)=NO2. The highest BCUT2D eigenvalue weighted by atomic mass is 16.7. The zero-order chi connectivity index (χ0) is 15.7. The van der Waals surface area contributed by atoms with Crippen LogP contribution in [0.25, 0.3) is 0 Å². The third-order valence-electron chi connectivity index (χ3n) is 4.24. The molecule has 1 aliphatic heterocycles. The highest BCUT2D eigenvalue weighted by Crippen LogP contribution is 2.47. The standard InChI is InChI=1S/C15H24N2O4/c1-14(2,3)12-10-6-5-8-15(10,21-17-12)13(19)16-9-7-11(18)20-4/h10H,5-9H2,1-4H3,(H,16,19). The summed E-state index contributed by atoms with van der Waals surface area (Å²) >= 11 is 0. The second kappa shape index (κ2) is 5.66. The van der Waals surface area contributed by atoms with Gasteiger partial charge in [-0.2, -0.15) is 0 Å². The molecular weight excluding hydrogens is 272 g/mol. The van der Waals surface area contributed by atoms with E-state index in [1.165, 1.54) is 7.11 Å². The second-order valence-corrected chi connectivity index (χ2v) is 6.73. The van der Waals surface area contributed by atoms with Crippen molar-refractivity contribution in [1.29, 1.82) is 0 Å². The first-order valence-corrected chi connectivity index (χ1v) is 7.43. The number of amides is 1. The number of oxime groups is 1. The predicted molar refractivity (Wildman–Crippen MR) is 77.7 cm³/mol. The van der Waals surface area contributed by atoms with E-state index < -0.39 is 5.60 Å². The van der Waals surface area contributed by atoms with E-state index in [0.717, 1.165) is 18.6 Å². The number of nitrogens with zero attached hydrogens (tertiary/aromatic N) is 1. The van der Waals surface area contributed by atoms with Gasteiger partial charge < -0.3 is 14.9 Å². The first kappa shape index (κ1) is 15.8. The zero-order valence-corrected chi connectivity index (χ0v) is 13.2. The Hall–Kier alpha value is -1.59. The summed E-state index contributed by atoms with van der Waals surface area (Å²) in [5, 5.41) is 6.99. The lowest BCUT2D eigenvalue weighted by Crippen LogP contribution is -2.51. The van der Waals surface area contributed by atoms with Crippen molar-refractivity contribution in [2.24, 2.45) is 16.5 Å². The van der Waals surface area contributed by atoms with Crippen molar-refractivity contribution < 1.29 is 19.2 Å². The fourth-order valence-electron chi connectivity index (χ4n) is 3.14. The molecule has 0 radical (unpaired) electrons. The molecule has 21 heavy (non-hydrogen) atoms. The average molecular weight is 296 g/mol. The summed E-state index contributed by atoms with van der Waals surface area (Å²) in [6.07, 6.45) is 2.70. The number of hydrogen-bond donors (Lipinski definition) is 1. The van der Waals surface area contributed by atoms with Crippen molar-refractivity contribution in [2.75, 3.05) is 13.7 Å². The molecule has 1 heterocycles. The Bertz CT molecular complexity index is 467. The Labute approximate surface area is 125 Å². The van der Waals surface area contributed by atoms with Crippen LogP contribution in [0.5, 0.6) is 0 Å². The fraction of sp³-hybridized carbons (Fsp3) is 0.800. The van der Waals surface area contributed by atoms with Crippen LogP contribution in [0.3, 0.4) is 0 Å². The van der Waals surface area contributed by atoms with Gasteiger partial charge in [0.15, 0.2) is 0 Å². The molecule has 2 unspecified atom stereocenters. The minimum absolute atomic E-state index is 0.0376. The van der Waals surface area contributed by atoms with Crippen molar-refractivity contribution in [3.63, 3.8) is 0 Å². The fourth-order valence-corrected chi connectivity index (χ4v) is 3.14. The van der Waals surface area contributed by atoms with E-state index in [0.29, 0.717) is 6.42 Å². The van der Waals surface area contributed by atoms with Gasteiger partial charge in [0.25, 0.3) is 5.91 Å². The number of rotatable bonds is 4. The van der Waals surface area contributed by atoms with Crippen LogP contribution in [0.2, 0.25) is 0 Å². The van der Waals surface area contributed by atoms with Crippen LogP contribution in [0.1, 0.15) is 46.5 Å². The molecule has 1 amide bonds. The molecule has 0 aromatic carbocycles. The topological polar surface area (TPSA) is 77.0 Å². The van der Waals surface area contributed by atoms with Gasteiger partial charge in [0, 0.05) is 12.0 Å². The van der Waals surface area contributed by atoms with Gasteiger partial charge in [0.1, 0.15) is 0 Å². The minimum atomic E-state index is -0.876. The molecule has 1 saturated carbocycles. The minimum Gasteiger partial charge on any atom is -0.469 e. The van der Waals surface area contributed by atoms with Gasteiger partial charge in [-0.1, -0.05) is 25.9 Å². The molecule has 0 aromatic heterocycles. The Morgan fingerprint density at radius 3 is 2.81 bits per heavy atom. The van der Waals surface area contributed by atoms with Crippen LogP contribution < -0.4 is 5.32 Å². The maximum Gasteiger partial charge on any atom is 0.307 e. The van der Waals surface area contributed by atoms with Gasteiger partial charge in [0.2, 0.25) is 5.60 Å².